The van der Waals surface area contributed by atoms with Gasteiger partial charge in [0.25, 0.3) is 0 Å². The molecule has 0 bridgehead atoms. The number of nitrogens with zero attached hydrogens (tertiary/aromatic N) is 2. The first kappa shape index (κ1) is 7.79. The number of carbonyl (C=O) groups excluding carboxylic acids is 1. The fraction of sp³-hybridized carbons (Fsp3) is 0.111. The van der Waals surface area contributed by atoms with Gasteiger partial charge in [-0.15, -0.1) is 0 Å². The zero-order chi connectivity index (χ0) is 9.10. The summed E-state index contributed by atoms with van der Waals surface area (Å²) in [6.45, 7) is 0.616. The fourth-order valence-corrected chi connectivity index (χ4v) is 1.15. The molecular weight excluding hydrogens is 168 g/mol. The molecule has 0 spiro atoms. The summed E-state index contributed by atoms with van der Waals surface area (Å²) in [5.74, 6) is 0.432. The van der Waals surface area contributed by atoms with Crippen LogP contribution in [0.5, 0.6) is 0 Å². The van der Waals surface area contributed by atoms with Gasteiger partial charge in [-0.1, -0.05) is 0 Å². The van der Waals surface area contributed by atoms with Crippen LogP contribution in [0.3, 0.4) is 0 Å². The third-order valence-electron chi connectivity index (χ3n) is 1.79. The molecule has 4 heteroatoms. The van der Waals surface area contributed by atoms with Gasteiger partial charge in [0.15, 0.2) is 12.1 Å². The van der Waals surface area contributed by atoms with E-state index in [4.69, 9.17) is 4.42 Å². The lowest BCUT2D eigenvalue weighted by atomic mass is 10.3. The Morgan fingerprint density at radius 3 is 3.23 bits per heavy atom. The third-order valence-corrected chi connectivity index (χ3v) is 1.79. The highest BCUT2D eigenvalue weighted by molar-refractivity contribution is 5.69. The number of hydrogen-bond acceptors (Lipinski definition) is 3. The molecule has 66 valence electrons. The predicted octanol–water partition coefficient (Wildman–Crippen LogP) is 1.34. The molecule has 0 saturated heterocycles. The summed E-state index contributed by atoms with van der Waals surface area (Å²) in [4.78, 5) is 14.4. The molecule has 4 nitrogen and oxygen atoms in total. The van der Waals surface area contributed by atoms with Crippen LogP contribution in [0, 0.1) is 0 Å². The van der Waals surface area contributed by atoms with Crippen molar-refractivity contribution in [3.8, 4) is 0 Å². The van der Waals surface area contributed by atoms with Crippen LogP contribution in [0.1, 0.15) is 16.2 Å². The highest BCUT2D eigenvalue weighted by atomic mass is 16.3. The molecule has 0 aliphatic heterocycles. The standard InChI is InChI=1S/C9H8N2O2/c12-6-9-10-2-3-11(9)5-8-1-4-13-7-8/h1-4,6-7H,5H2. The van der Waals surface area contributed by atoms with Gasteiger partial charge in [-0.2, -0.15) is 0 Å². The molecule has 0 atom stereocenters. The third kappa shape index (κ3) is 1.51. The van der Waals surface area contributed by atoms with Crippen molar-refractivity contribution >= 4 is 6.29 Å². The number of carbonyl (C=O) groups is 1. The van der Waals surface area contributed by atoms with Crippen molar-refractivity contribution in [1.82, 2.24) is 9.55 Å². The summed E-state index contributed by atoms with van der Waals surface area (Å²) >= 11 is 0. The molecule has 0 saturated carbocycles. The first-order valence-corrected chi connectivity index (χ1v) is 3.87. The van der Waals surface area contributed by atoms with E-state index in [-0.39, 0.29) is 0 Å². The Bertz CT molecular complexity index is 389. The Morgan fingerprint density at radius 2 is 2.54 bits per heavy atom. The predicted molar refractivity (Wildman–Crippen MR) is 45.4 cm³/mol. The van der Waals surface area contributed by atoms with Gasteiger partial charge in [0, 0.05) is 18.0 Å². The SMILES string of the molecule is O=Cc1nccn1Cc1ccoc1. The van der Waals surface area contributed by atoms with Gasteiger partial charge in [-0.3, -0.25) is 4.79 Å². The highest BCUT2D eigenvalue weighted by Crippen LogP contribution is 2.04. The molecule has 2 heterocycles. The van der Waals surface area contributed by atoms with Crippen molar-refractivity contribution in [2.24, 2.45) is 0 Å². The molecule has 0 unspecified atom stereocenters. The van der Waals surface area contributed by atoms with E-state index < -0.39 is 0 Å². The van der Waals surface area contributed by atoms with E-state index in [0.29, 0.717) is 12.4 Å². The summed E-state index contributed by atoms with van der Waals surface area (Å²) in [6, 6.07) is 1.86. The number of imidazole rings is 1. The van der Waals surface area contributed by atoms with Gasteiger partial charge in [0.1, 0.15) is 0 Å². The molecule has 0 radical (unpaired) electrons. The molecule has 0 amide bonds. The van der Waals surface area contributed by atoms with Crippen LogP contribution in [0.2, 0.25) is 0 Å². The van der Waals surface area contributed by atoms with Crippen LogP contribution >= 0.6 is 0 Å². The number of aldehydes is 1. The number of hydrogen-bond donors (Lipinski definition) is 0. The van der Waals surface area contributed by atoms with Crippen LogP contribution in [0.25, 0.3) is 0 Å². The molecule has 2 aromatic rings. The molecule has 13 heavy (non-hydrogen) atoms. The van der Waals surface area contributed by atoms with E-state index in [0.717, 1.165) is 11.8 Å². The lowest BCUT2D eigenvalue weighted by Crippen LogP contribution is -2.02. The lowest BCUT2D eigenvalue weighted by Gasteiger charge is -1.99. The Kier molecular flexibility index (Phi) is 1.96. The van der Waals surface area contributed by atoms with Gasteiger partial charge >= 0.3 is 0 Å². The maximum absolute atomic E-state index is 10.5. The quantitative estimate of drug-likeness (QED) is 0.663. The Labute approximate surface area is 74.8 Å². The van der Waals surface area contributed by atoms with Crippen molar-refractivity contribution in [1.29, 1.82) is 0 Å². The number of furan rings is 1. The van der Waals surface area contributed by atoms with Crippen molar-refractivity contribution < 1.29 is 9.21 Å². The lowest BCUT2D eigenvalue weighted by molar-refractivity contribution is 0.111. The second kappa shape index (κ2) is 3.26. The topological polar surface area (TPSA) is 48.0 Å². The van der Waals surface area contributed by atoms with E-state index in [1.807, 2.05) is 6.07 Å². The largest absolute Gasteiger partial charge is 0.472 e. The second-order valence-electron chi connectivity index (χ2n) is 2.66. The highest BCUT2D eigenvalue weighted by Gasteiger charge is 2.01. The zero-order valence-electron chi connectivity index (χ0n) is 6.88. The van der Waals surface area contributed by atoms with Crippen LogP contribution in [0.15, 0.2) is 35.4 Å². The van der Waals surface area contributed by atoms with E-state index in [2.05, 4.69) is 4.98 Å². The summed E-state index contributed by atoms with van der Waals surface area (Å²) in [5, 5.41) is 0. The average molecular weight is 176 g/mol. The summed E-state index contributed by atoms with van der Waals surface area (Å²) in [7, 11) is 0. The average Bonchev–Trinajstić information content (AvgIpc) is 2.76. The van der Waals surface area contributed by atoms with Gasteiger partial charge in [-0.25, -0.2) is 4.98 Å². The van der Waals surface area contributed by atoms with E-state index in [9.17, 15) is 4.79 Å². The fourth-order valence-electron chi connectivity index (χ4n) is 1.15. The monoisotopic (exact) mass is 176 g/mol. The van der Waals surface area contributed by atoms with Gasteiger partial charge in [0.2, 0.25) is 0 Å². The van der Waals surface area contributed by atoms with E-state index in [1.54, 1.807) is 29.5 Å². The minimum atomic E-state index is 0.432. The zero-order valence-corrected chi connectivity index (χ0v) is 6.88. The van der Waals surface area contributed by atoms with Crippen molar-refractivity contribution in [3.63, 3.8) is 0 Å². The summed E-state index contributed by atoms with van der Waals surface area (Å²) < 4.78 is 6.68. The molecule has 2 rings (SSSR count). The molecule has 0 fully saturated rings. The van der Waals surface area contributed by atoms with E-state index in [1.165, 1.54) is 0 Å². The molecule has 0 N–H and O–H groups in total. The minimum absolute atomic E-state index is 0.432. The molecule has 0 aliphatic carbocycles. The summed E-state index contributed by atoms with van der Waals surface area (Å²) in [6.07, 6.45) is 7.35. The molecule has 2 aromatic heterocycles. The Morgan fingerprint density at radius 1 is 1.62 bits per heavy atom. The van der Waals surface area contributed by atoms with E-state index >= 15 is 0 Å². The maximum atomic E-state index is 10.5. The van der Waals surface area contributed by atoms with Crippen LogP contribution in [-0.4, -0.2) is 15.8 Å². The van der Waals surface area contributed by atoms with Crippen molar-refractivity contribution in [2.45, 2.75) is 6.54 Å². The Balaban J connectivity index is 2.23. The van der Waals surface area contributed by atoms with Crippen LogP contribution in [0.4, 0.5) is 0 Å². The molecule has 0 aromatic carbocycles. The first-order valence-electron chi connectivity index (χ1n) is 3.87. The maximum Gasteiger partial charge on any atom is 0.185 e. The van der Waals surface area contributed by atoms with Crippen molar-refractivity contribution in [3.05, 3.63) is 42.4 Å². The normalized spacial score (nSPS) is 10.2. The molecular formula is C9H8N2O2. The first-order chi connectivity index (χ1) is 6.40. The van der Waals surface area contributed by atoms with Gasteiger partial charge in [0.05, 0.1) is 19.1 Å². The summed E-state index contributed by atoms with van der Waals surface area (Å²) in [5.41, 5.74) is 1.01. The number of rotatable bonds is 3. The molecule has 0 aliphatic rings. The van der Waals surface area contributed by atoms with Crippen LogP contribution < -0.4 is 0 Å². The van der Waals surface area contributed by atoms with Crippen LogP contribution in [-0.2, 0) is 6.54 Å². The second-order valence-corrected chi connectivity index (χ2v) is 2.66. The Hall–Kier alpha value is -1.84. The smallest absolute Gasteiger partial charge is 0.185 e. The minimum Gasteiger partial charge on any atom is -0.472 e. The van der Waals surface area contributed by atoms with Crippen molar-refractivity contribution in [2.75, 3.05) is 0 Å². The number of aromatic nitrogens is 2. The van der Waals surface area contributed by atoms with Gasteiger partial charge < -0.3 is 8.98 Å². The van der Waals surface area contributed by atoms with Gasteiger partial charge in [-0.05, 0) is 6.07 Å².